The van der Waals surface area contributed by atoms with Crippen LogP contribution in [0.25, 0.3) is 10.9 Å². The van der Waals surface area contributed by atoms with Crippen LogP contribution in [0.15, 0.2) is 54.7 Å². The first kappa shape index (κ1) is 11.7. The van der Waals surface area contributed by atoms with Gasteiger partial charge in [0.05, 0.1) is 0 Å². The molecule has 0 saturated carbocycles. The number of aromatic nitrogens is 1. The molecule has 0 amide bonds. The molecule has 1 aliphatic carbocycles. The maximum Gasteiger partial charge on any atom is 0.0454 e. The molecule has 0 fully saturated rings. The summed E-state index contributed by atoms with van der Waals surface area (Å²) in [6.07, 6.45) is 3.22. The van der Waals surface area contributed by atoms with Gasteiger partial charge >= 0.3 is 0 Å². The highest BCUT2D eigenvalue weighted by molar-refractivity contribution is 5.79. The van der Waals surface area contributed by atoms with Crippen molar-refractivity contribution in [2.75, 3.05) is 6.54 Å². The van der Waals surface area contributed by atoms with Gasteiger partial charge in [-0.15, -0.1) is 0 Å². The molecule has 2 N–H and O–H groups in total. The second kappa shape index (κ2) is 4.80. The van der Waals surface area contributed by atoms with E-state index in [1.807, 2.05) is 6.20 Å². The lowest BCUT2D eigenvalue weighted by Gasteiger charge is -2.30. The van der Waals surface area contributed by atoms with Crippen molar-refractivity contribution in [3.05, 3.63) is 71.4 Å². The molecule has 1 atom stereocenters. The molecule has 1 heterocycles. The molecule has 1 aliphatic rings. The number of rotatable bonds is 4. The van der Waals surface area contributed by atoms with Crippen molar-refractivity contribution in [1.29, 1.82) is 0 Å². The van der Waals surface area contributed by atoms with Gasteiger partial charge in [0.25, 0.3) is 0 Å². The quantitative estimate of drug-likeness (QED) is 0.738. The molecular weight excluding hydrogens is 244 g/mol. The van der Waals surface area contributed by atoms with Crippen molar-refractivity contribution in [2.45, 2.75) is 18.9 Å². The lowest BCUT2D eigenvalue weighted by atomic mass is 9.77. The minimum absolute atomic E-state index is 0.696. The van der Waals surface area contributed by atoms with Gasteiger partial charge in [-0.3, -0.25) is 0 Å². The van der Waals surface area contributed by atoms with Gasteiger partial charge in [0.2, 0.25) is 0 Å². The maximum absolute atomic E-state index is 3.59. The average molecular weight is 262 g/mol. The SMILES string of the molecule is c1ccc2c(c1)CC2CNCc1ccc2[nH]ccc2c1. The van der Waals surface area contributed by atoms with Gasteiger partial charge in [-0.05, 0) is 46.7 Å². The Morgan fingerprint density at radius 3 is 3.00 bits per heavy atom. The van der Waals surface area contributed by atoms with E-state index in [1.54, 1.807) is 0 Å². The molecule has 0 spiro atoms. The summed E-state index contributed by atoms with van der Waals surface area (Å²) >= 11 is 0. The monoisotopic (exact) mass is 262 g/mol. The maximum atomic E-state index is 3.59. The Labute approximate surface area is 118 Å². The molecule has 2 nitrogen and oxygen atoms in total. The zero-order valence-electron chi connectivity index (χ0n) is 11.4. The normalized spacial score (nSPS) is 16.9. The second-order valence-corrected chi connectivity index (χ2v) is 5.63. The van der Waals surface area contributed by atoms with Gasteiger partial charge < -0.3 is 10.3 Å². The molecule has 20 heavy (non-hydrogen) atoms. The van der Waals surface area contributed by atoms with Gasteiger partial charge in [0, 0.05) is 30.7 Å². The summed E-state index contributed by atoms with van der Waals surface area (Å²) in [5, 5.41) is 4.88. The summed E-state index contributed by atoms with van der Waals surface area (Å²) < 4.78 is 0. The number of nitrogens with one attached hydrogen (secondary N) is 2. The first-order valence-corrected chi connectivity index (χ1v) is 7.25. The Kier molecular flexibility index (Phi) is 2.82. The molecule has 0 radical (unpaired) electrons. The number of fused-ring (bicyclic) bond motifs is 2. The highest BCUT2D eigenvalue weighted by Gasteiger charge is 2.24. The molecule has 4 rings (SSSR count). The van der Waals surface area contributed by atoms with Crippen molar-refractivity contribution in [2.24, 2.45) is 0 Å². The third-order valence-electron chi connectivity index (χ3n) is 4.30. The lowest BCUT2D eigenvalue weighted by molar-refractivity contribution is 0.536. The number of hydrogen-bond acceptors (Lipinski definition) is 1. The van der Waals surface area contributed by atoms with E-state index in [1.165, 1.54) is 34.0 Å². The van der Waals surface area contributed by atoms with Gasteiger partial charge in [-0.25, -0.2) is 0 Å². The largest absolute Gasteiger partial charge is 0.361 e. The zero-order chi connectivity index (χ0) is 13.4. The first-order chi connectivity index (χ1) is 9.90. The molecule has 2 aromatic carbocycles. The van der Waals surface area contributed by atoms with Crippen LogP contribution in [0, 0.1) is 0 Å². The van der Waals surface area contributed by atoms with E-state index in [0.717, 1.165) is 13.1 Å². The van der Waals surface area contributed by atoms with Crippen molar-refractivity contribution >= 4 is 10.9 Å². The lowest BCUT2D eigenvalue weighted by Crippen LogP contribution is -2.28. The van der Waals surface area contributed by atoms with Crippen LogP contribution in [-0.4, -0.2) is 11.5 Å². The molecule has 0 saturated heterocycles. The minimum atomic E-state index is 0.696. The van der Waals surface area contributed by atoms with Gasteiger partial charge in [0.1, 0.15) is 0 Å². The zero-order valence-corrected chi connectivity index (χ0v) is 11.4. The predicted molar refractivity (Wildman–Crippen MR) is 82.9 cm³/mol. The summed E-state index contributed by atoms with van der Waals surface area (Å²) in [6, 6.07) is 17.5. The average Bonchev–Trinajstić information content (AvgIpc) is 2.91. The Hall–Kier alpha value is -2.06. The molecular formula is C18H18N2. The molecule has 3 aromatic rings. The smallest absolute Gasteiger partial charge is 0.0454 e. The third kappa shape index (κ3) is 2.02. The van der Waals surface area contributed by atoms with E-state index in [2.05, 4.69) is 58.8 Å². The van der Waals surface area contributed by atoms with Crippen LogP contribution in [0.5, 0.6) is 0 Å². The molecule has 0 bridgehead atoms. The van der Waals surface area contributed by atoms with Gasteiger partial charge in [-0.1, -0.05) is 30.3 Å². The summed E-state index contributed by atoms with van der Waals surface area (Å²) in [4.78, 5) is 3.23. The predicted octanol–water partition coefficient (Wildman–Crippen LogP) is 3.60. The Bertz CT molecular complexity index is 742. The highest BCUT2D eigenvalue weighted by Crippen LogP contribution is 2.34. The molecule has 1 unspecified atom stereocenters. The van der Waals surface area contributed by atoms with Crippen LogP contribution in [0.3, 0.4) is 0 Å². The van der Waals surface area contributed by atoms with Crippen molar-refractivity contribution < 1.29 is 0 Å². The Morgan fingerprint density at radius 1 is 1.10 bits per heavy atom. The van der Waals surface area contributed by atoms with Crippen LogP contribution >= 0.6 is 0 Å². The van der Waals surface area contributed by atoms with E-state index >= 15 is 0 Å². The van der Waals surface area contributed by atoms with Crippen LogP contribution in [0.4, 0.5) is 0 Å². The standard InChI is InChI=1S/C18H18N2/c1-2-4-17-14(3-1)10-16(17)12-19-11-13-5-6-18-15(9-13)7-8-20-18/h1-9,16,19-20H,10-12H2. The van der Waals surface area contributed by atoms with Crippen molar-refractivity contribution in [3.8, 4) is 0 Å². The summed E-state index contributed by atoms with van der Waals surface area (Å²) in [7, 11) is 0. The third-order valence-corrected chi connectivity index (χ3v) is 4.30. The summed E-state index contributed by atoms with van der Waals surface area (Å²) in [5.74, 6) is 0.696. The fraction of sp³-hybridized carbons (Fsp3) is 0.222. The summed E-state index contributed by atoms with van der Waals surface area (Å²) in [5.41, 5.74) is 5.61. The van der Waals surface area contributed by atoms with E-state index in [9.17, 15) is 0 Å². The molecule has 1 aromatic heterocycles. The first-order valence-electron chi connectivity index (χ1n) is 7.25. The Balaban J connectivity index is 1.37. The number of benzene rings is 2. The highest BCUT2D eigenvalue weighted by atomic mass is 14.9. The Morgan fingerprint density at radius 2 is 2.05 bits per heavy atom. The van der Waals surface area contributed by atoms with Crippen LogP contribution < -0.4 is 5.32 Å². The van der Waals surface area contributed by atoms with Crippen LogP contribution in [0.2, 0.25) is 0 Å². The number of hydrogen-bond donors (Lipinski definition) is 2. The minimum Gasteiger partial charge on any atom is -0.361 e. The van der Waals surface area contributed by atoms with E-state index in [0.29, 0.717) is 5.92 Å². The van der Waals surface area contributed by atoms with Crippen molar-refractivity contribution in [3.63, 3.8) is 0 Å². The topological polar surface area (TPSA) is 27.8 Å². The molecule has 100 valence electrons. The van der Waals surface area contributed by atoms with Crippen LogP contribution in [-0.2, 0) is 13.0 Å². The van der Waals surface area contributed by atoms with Gasteiger partial charge in [-0.2, -0.15) is 0 Å². The van der Waals surface area contributed by atoms with Gasteiger partial charge in [0.15, 0.2) is 0 Å². The second-order valence-electron chi connectivity index (χ2n) is 5.63. The van der Waals surface area contributed by atoms with E-state index in [4.69, 9.17) is 0 Å². The number of aromatic amines is 1. The molecule has 0 aliphatic heterocycles. The fourth-order valence-electron chi connectivity index (χ4n) is 3.15. The van der Waals surface area contributed by atoms with Crippen molar-refractivity contribution in [1.82, 2.24) is 10.3 Å². The number of H-pyrrole nitrogens is 1. The molecule has 2 heteroatoms. The van der Waals surface area contributed by atoms with Crippen LogP contribution in [0.1, 0.15) is 22.6 Å². The fourth-order valence-corrected chi connectivity index (χ4v) is 3.15. The van der Waals surface area contributed by atoms with E-state index in [-0.39, 0.29) is 0 Å². The van der Waals surface area contributed by atoms with E-state index < -0.39 is 0 Å². The summed E-state index contributed by atoms with van der Waals surface area (Å²) in [6.45, 7) is 2.02.